The van der Waals surface area contributed by atoms with Crippen LogP contribution in [0.3, 0.4) is 0 Å². The van der Waals surface area contributed by atoms with Crippen LogP contribution in [0.15, 0.2) is 76.2 Å². The van der Waals surface area contributed by atoms with Gasteiger partial charge in [0.2, 0.25) is 11.6 Å². The minimum atomic E-state index is -1.05. The summed E-state index contributed by atoms with van der Waals surface area (Å²) in [5, 5.41) is 31.6. The molecule has 4 aliphatic rings. The smallest absolute Gasteiger partial charge is 0.212 e. The second kappa shape index (κ2) is 9.87. The van der Waals surface area contributed by atoms with Crippen molar-refractivity contribution in [2.75, 3.05) is 0 Å². The lowest BCUT2D eigenvalue weighted by Crippen LogP contribution is -2.27. The zero-order valence-corrected chi connectivity index (χ0v) is 24.9. The maximum Gasteiger partial charge on any atom is 0.212 e. The Morgan fingerprint density at radius 1 is 0.795 bits per heavy atom. The predicted octanol–water partition coefficient (Wildman–Crippen LogP) is 7.81. The number of ketones is 2. The number of benzene rings is 2. The zero-order chi connectivity index (χ0) is 30.2. The average molecular weight is 611 g/mol. The molecule has 1 spiro atoms. The van der Waals surface area contributed by atoms with Gasteiger partial charge < -0.3 is 5.11 Å². The van der Waals surface area contributed by atoms with Gasteiger partial charge in [-0.15, -0.1) is 22.7 Å². The third-order valence-corrected chi connectivity index (χ3v) is 11.4. The molecule has 4 aliphatic carbocycles. The monoisotopic (exact) mass is 610 g/mol. The summed E-state index contributed by atoms with van der Waals surface area (Å²) in [6.07, 6.45) is 4.22. The Kier molecular flexibility index (Phi) is 6.01. The van der Waals surface area contributed by atoms with E-state index in [4.69, 9.17) is 9.98 Å². The normalized spacial score (nSPS) is 20.9. The van der Waals surface area contributed by atoms with Crippen LogP contribution in [0.2, 0.25) is 0 Å². The van der Waals surface area contributed by atoms with Crippen LogP contribution in [0.25, 0.3) is 15.3 Å². The highest BCUT2D eigenvalue weighted by Gasteiger charge is 2.47. The van der Waals surface area contributed by atoms with Crippen LogP contribution in [0.5, 0.6) is 0 Å². The van der Waals surface area contributed by atoms with Crippen molar-refractivity contribution < 1.29 is 14.7 Å². The largest absolute Gasteiger partial charge is 0.382 e. The highest BCUT2D eigenvalue weighted by Crippen LogP contribution is 2.62. The fraction of sp³-hybridized carbons (Fsp3) is 0.200. The van der Waals surface area contributed by atoms with Gasteiger partial charge in [0.05, 0.1) is 9.75 Å². The van der Waals surface area contributed by atoms with E-state index in [0.717, 1.165) is 41.9 Å². The lowest BCUT2D eigenvalue weighted by Gasteiger charge is -2.34. The molecule has 2 aromatic heterocycles. The van der Waals surface area contributed by atoms with E-state index in [9.17, 15) is 25.2 Å². The summed E-state index contributed by atoms with van der Waals surface area (Å²) in [5.74, 6) is -0.542. The Hall–Kier alpha value is -4.80. The lowest BCUT2D eigenvalue weighted by molar-refractivity contribution is 0.105. The number of Topliss-reactive ketones (excluding diaryl/α,β-unsaturated/α-hetero) is 2. The van der Waals surface area contributed by atoms with Crippen LogP contribution in [0, 0.1) is 22.7 Å². The number of rotatable bonds is 2. The minimum absolute atomic E-state index is 0.119. The van der Waals surface area contributed by atoms with Gasteiger partial charge in [0.25, 0.3) is 0 Å². The number of aliphatic hydroxyl groups is 1. The van der Waals surface area contributed by atoms with Crippen molar-refractivity contribution in [2.45, 2.75) is 43.6 Å². The molecule has 2 aromatic carbocycles. The van der Waals surface area contributed by atoms with Gasteiger partial charge in [-0.25, -0.2) is 9.98 Å². The van der Waals surface area contributed by atoms with Crippen molar-refractivity contribution in [1.82, 2.24) is 0 Å². The molecule has 0 radical (unpaired) electrons. The number of allylic oxidation sites excluding steroid dienone is 2. The van der Waals surface area contributed by atoms with Gasteiger partial charge in [0.15, 0.2) is 0 Å². The molecule has 0 amide bonds. The van der Waals surface area contributed by atoms with Crippen LogP contribution >= 0.6 is 22.7 Å². The van der Waals surface area contributed by atoms with Crippen LogP contribution in [-0.4, -0.2) is 28.1 Å². The summed E-state index contributed by atoms with van der Waals surface area (Å²) in [6.45, 7) is 0. The summed E-state index contributed by atoms with van der Waals surface area (Å²) < 4.78 is 0. The number of carbonyl (C=O) groups is 2. The van der Waals surface area contributed by atoms with E-state index in [-0.39, 0.29) is 39.6 Å². The second-order valence-corrected chi connectivity index (χ2v) is 13.5. The second-order valence-electron chi connectivity index (χ2n) is 11.4. The van der Waals surface area contributed by atoms with E-state index < -0.39 is 6.10 Å². The maximum absolute atomic E-state index is 13.5. The number of fused-ring (bicyclic) bond motifs is 7. The molecule has 44 heavy (non-hydrogen) atoms. The molecule has 7 nitrogen and oxygen atoms in total. The number of nitrogens with zero attached hydrogens (tertiary/aromatic N) is 4. The van der Waals surface area contributed by atoms with Crippen LogP contribution in [0.4, 0.5) is 10.0 Å². The van der Waals surface area contributed by atoms with Crippen LogP contribution < -0.4 is 0 Å². The molecule has 1 unspecified atom stereocenters. The number of carbonyl (C=O) groups excluding carboxylic acids is 2. The van der Waals surface area contributed by atoms with Gasteiger partial charge in [0, 0.05) is 22.1 Å². The van der Waals surface area contributed by atoms with Crippen LogP contribution in [-0.2, 0) is 5.41 Å². The number of thiophene rings is 2. The van der Waals surface area contributed by atoms with E-state index in [1.807, 2.05) is 18.2 Å². The van der Waals surface area contributed by atoms with Gasteiger partial charge in [-0.05, 0) is 47.2 Å². The molecule has 9 heteroatoms. The summed E-state index contributed by atoms with van der Waals surface area (Å²) in [7, 11) is 0. The number of nitriles is 2. The SMILES string of the molecule is N#CC(C#N)=C1/C(=N/c2cc3c(s2)-c2sc(/N=C4/C(=O)c5ccccc5C4O)cc2C32CCCCC2)C(=O)c2ccccc21. The Morgan fingerprint density at radius 3 is 2.02 bits per heavy atom. The van der Waals surface area contributed by atoms with Crippen molar-refractivity contribution in [2.24, 2.45) is 9.98 Å². The molecule has 0 bridgehead atoms. The first-order valence-corrected chi connectivity index (χ1v) is 16.1. The molecule has 1 atom stereocenters. The van der Waals surface area contributed by atoms with E-state index in [0.29, 0.717) is 32.3 Å². The molecule has 8 rings (SSSR count). The number of hydrogen-bond acceptors (Lipinski definition) is 9. The molecule has 1 fully saturated rings. The third-order valence-electron chi connectivity index (χ3n) is 9.19. The molecule has 4 aromatic rings. The molecule has 0 saturated heterocycles. The molecule has 2 heterocycles. The van der Waals surface area contributed by atoms with E-state index >= 15 is 0 Å². The molecule has 1 saturated carbocycles. The fourth-order valence-corrected chi connectivity index (χ4v) is 9.65. The fourth-order valence-electron chi connectivity index (χ4n) is 7.21. The first-order chi connectivity index (χ1) is 21.4. The summed E-state index contributed by atoms with van der Waals surface area (Å²) >= 11 is 3.00. The number of aliphatic imine (C=N–C) groups is 2. The van der Waals surface area contributed by atoms with E-state index in [2.05, 4.69) is 12.1 Å². The van der Waals surface area contributed by atoms with Gasteiger partial charge in [0.1, 0.15) is 45.2 Å². The quantitative estimate of drug-likeness (QED) is 0.232. The maximum atomic E-state index is 13.5. The molecule has 212 valence electrons. The minimum Gasteiger partial charge on any atom is -0.382 e. The first kappa shape index (κ1) is 26.8. The lowest BCUT2D eigenvalue weighted by atomic mass is 9.68. The zero-order valence-electron chi connectivity index (χ0n) is 23.3. The van der Waals surface area contributed by atoms with Crippen molar-refractivity contribution in [3.63, 3.8) is 0 Å². The molecular formula is C35H22N4O3S2. The van der Waals surface area contributed by atoms with Gasteiger partial charge in [-0.3, -0.25) is 9.59 Å². The Balaban J connectivity index is 1.25. The highest BCUT2D eigenvalue weighted by molar-refractivity contribution is 7.26. The molecule has 1 N–H and O–H groups in total. The van der Waals surface area contributed by atoms with Crippen LogP contribution in [0.1, 0.15) is 81.2 Å². The Bertz CT molecular complexity index is 2130. The average Bonchev–Trinajstić information content (AvgIpc) is 3.83. The Morgan fingerprint density at radius 2 is 1.39 bits per heavy atom. The van der Waals surface area contributed by atoms with Crippen molar-refractivity contribution >= 4 is 61.2 Å². The van der Waals surface area contributed by atoms with Crippen molar-refractivity contribution in [3.05, 3.63) is 99.6 Å². The van der Waals surface area contributed by atoms with Gasteiger partial charge in [-0.2, -0.15) is 10.5 Å². The molecule has 0 aliphatic heterocycles. The van der Waals surface area contributed by atoms with Gasteiger partial charge >= 0.3 is 0 Å². The highest BCUT2D eigenvalue weighted by atomic mass is 32.1. The predicted molar refractivity (Wildman–Crippen MR) is 170 cm³/mol. The van der Waals surface area contributed by atoms with Gasteiger partial charge in [-0.1, -0.05) is 67.8 Å². The van der Waals surface area contributed by atoms with Crippen molar-refractivity contribution in [1.29, 1.82) is 10.5 Å². The third kappa shape index (κ3) is 3.67. The molecular weight excluding hydrogens is 589 g/mol. The summed E-state index contributed by atoms with van der Waals surface area (Å²) in [5.41, 5.74) is 4.67. The summed E-state index contributed by atoms with van der Waals surface area (Å²) in [6, 6.07) is 22.1. The Labute approximate surface area is 260 Å². The van der Waals surface area contributed by atoms with E-state index in [1.54, 1.807) is 42.5 Å². The summed E-state index contributed by atoms with van der Waals surface area (Å²) in [4.78, 5) is 38.3. The number of hydrogen-bond donors (Lipinski definition) is 1. The van der Waals surface area contributed by atoms with E-state index in [1.165, 1.54) is 33.8 Å². The van der Waals surface area contributed by atoms with Crippen molar-refractivity contribution in [3.8, 4) is 21.9 Å². The first-order valence-electron chi connectivity index (χ1n) is 14.4. The number of aliphatic hydroxyl groups excluding tert-OH is 1. The topological polar surface area (TPSA) is 127 Å². The standard InChI is InChI=1S/C35H22N4O3S2/c36-16-18(17-37)27-19-8-2-3-9-20(19)30(40)28(27)38-25-14-23-33(43-25)34-24(35(23)12-6-1-7-13-35)15-26(44-34)39-29-31(41)21-10-4-5-11-22(21)32(29)42/h2-5,8-11,14-15,31,41H,1,6-7,12-13H2/b38-28-,39-29+.